The van der Waals surface area contributed by atoms with Crippen LogP contribution in [0.15, 0.2) is 48.5 Å². The molecule has 0 aromatic heterocycles. The first-order chi connectivity index (χ1) is 11.6. The third kappa shape index (κ3) is 4.46. The van der Waals surface area contributed by atoms with Crippen molar-refractivity contribution in [1.82, 2.24) is 9.80 Å². The van der Waals surface area contributed by atoms with Gasteiger partial charge in [0.25, 0.3) is 0 Å². The van der Waals surface area contributed by atoms with Crippen LogP contribution < -0.4 is 5.32 Å². The van der Waals surface area contributed by atoms with Crippen LogP contribution in [0.5, 0.6) is 0 Å². The Kier molecular flexibility index (Phi) is 5.33. The fourth-order valence-electron chi connectivity index (χ4n) is 2.77. The maximum absolute atomic E-state index is 13.2. The monoisotopic (exact) mass is 347 g/mol. The molecular weight excluding hydrogens is 329 g/mol. The van der Waals surface area contributed by atoms with Gasteiger partial charge in [0, 0.05) is 43.4 Å². The summed E-state index contributed by atoms with van der Waals surface area (Å²) in [5.41, 5.74) is 1.64. The lowest BCUT2D eigenvalue weighted by molar-refractivity contribution is 0.143. The molecule has 1 fully saturated rings. The van der Waals surface area contributed by atoms with E-state index in [0.29, 0.717) is 18.8 Å². The lowest BCUT2D eigenvalue weighted by Crippen LogP contribution is -2.49. The summed E-state index contributed by atoms with van der Waals surface area (Å²) >= 11 is 6.01. The van der Waals surface area contributed by atoms with E-state index in [1.54, 1.807) is 17.0 Å². The first kappa shape index (κ1) is 16.7. The number of carbonyl (C=O) groups excluding carboxylic acids is 1. The lowest BCUT2D eigenvalue weighted by Gasteiger charge is -2.34. The van der Waals surface area contributed by atoms with E-state index < -0.39 is 0 Å². The number of hydrogen-bond donors (Lipinski definition) is 1. The Bertz CT molecular complexity index is 717. The topological polar surface area (TPSA) is 35.6 Å². The van der Waals surface area contributed by atoms with Gasteiger partial charge in [-0.2, -0.15) is 0 Å². The average Bonchev–Trinajstić information content (AvgIpc) is 2.55. The quantitative estimate of drug-likeness (QED) is 0.916. The SMILES string of the molecule is O=C(Nc1cccc(F)c1)N1CCN(Cc2cccc(Cl)c2)CC1. The first-order valence-corrected chi connectivity index (χ1v) is 8.26. The van der Waals surface area contributed by atoms with Gasteiger partial charge in [-0.25, -0.2) is 9.18 Å². The summed E-state index contributed by atoms with van der Waals surface area (Å²) in [6, 6.07) is 13.5. The summed E-state index contributed by atoms with van der Waals surface area (Å²) in [7, 11) is 0. The molecule has 0 aliphatic carbocycles. The van der Waals surface area contributed by atoms with E-state index in [1.165, 1.54) is 17.7 Å². The number of carbonyl (C=O) groups is 1. The summed E-state index contributed by atoms with van der Waals surface area (Å²) in [5.74, 6) is -0.362. The Morgan fingerprint density at radius 1 is 1.08 bits per heavy atom. The van der Waals surface area contributed by atoms with Crippen molar-refractivity contribution in [3.8, 4) is 0 Å². The van der Waals surface area contributed by atoms with Crippen molar-refractivity contribution in [2.45, 2.75) is 6.54 Å². The average molecular weight is 348 g/mol. The summed E-state index contributed by atoms with van der Waals surface area (Å²) in [4.78, 5) is 16.3. The summed E-state index contributed by atoms with van der Waals surface area (Å²) in [6.07, 6.45) is 0. The molecule has 6 heteroatoms. The Morgan fingerprint density at radius 3 is 2.54 bits per heavy atom. The maximum Gasteiger partial charge on any atom is 0.321 e. The zero-order valence-electron chi connectivity index (χ0n) is 13.2. The predicted octanol–water partition coefficient (Wildman–Crippen LogP) is 3.83. The van der Waals surface area contributed by atoms with Crippen LogP contribution in [0.2, 0.25) is 5.02 Å². The number of anilines is 1. The first-order valence-electron chi connectivity index (χ1n) is 7.88. The van der Waals surface area contributed by atoms with Crippen molar-refractivity contribution in [3.63, 3.8) is 0 Å². The number of benzene rings is 2. The molecule has 2 aromatic carbocycles. The van der Waals surface area contributed by atoms with E-state index in [0.717, 1.165) is 24.7 Å². The van der Waals surface area contributed by atoms with Gasteiger partial charge in [0.1, 0.15) is 5.82 Å². The molecule has 1 N–H and O–H groups in total. The molecule has 1 saturated heterocycles. The highest BCUT2D eigenvalue weighted by atomic mass is 35.5. The van der Waals surface area contributed by atoms with Crippen LogP contribution in [-0.2, 0) is 6.54 Å². The Hall–Kier alpha value is -2.11. The molecule has 0 saturated carbocycles. The third-order valence-electron chi connectivity index (χ3n) is 4.03. The van der Waals surface area contributed by atoms with E-state index in [-0.39, 0.29) is 11.8 Å². The van der Waals surface area contributed by atoms with Gasteiger partial charge in [0.15, 0.2) is 0 Å². The molecule has 0 atom stereocenters. The van der Waals surface area contributed by atoms with Gasteiger partial charge < -0.3 is 10.2 Å². The minimum atomic E-state index is -0.362. The fraction of sp³-hybridized carbons (Fsp3) is 0.278. The molecule has 0 unspecified atom stereocenters. The van der Waals surface area contributed by atoms with E-state index in [2.05, 4.69) is 16.3 Å². The normalized spacial score (nSPS) is 15.3. The van der Waals surface area contributed by atoms with Crippen molar-refractivity contribution in [3.05, 3.63) is 64.9 Å². The van der Waals surface area contributed by atoms with Crippen LogP contribution in [0.25, 0.3) is 0 Å². The van der Waals surface area contributed by atoms with Gasteiger partial charge in [-0.15, -0.1) is 0 Å². The number of halogens is 2. The minimum Gasteiger partial charge on any atom is -0.322 e. The standard InChI is InChI=1S/C18H19ClFN3O/c19-15-4-1-3-14(11-15)13-22-7-9-23(10-8-22)18(24)21-17-6-2-5-16(20)12-17/h1-6,11-12H,7-10,13H2,(H,21,24). The van der Waals surface area contributed by atoms with Gasteiger partial charge in [-0.1, -0.05) is 29.8 Å². The Balaban J connectivity index is 1.50. The van der Waals surface area contributed by atoms with Crippen LogP contribution in [0.3, 0.4) is 0 Å². The number of piperazine rings is 1. The van der Waals surface area contributed by atoms with E-state index >= 15 is 0 Å². The molecule has 0 radical (unpaired) electrons. The van der Waals surface area contributed by atoms with Crippen molar-refractivity contribution < 1.29 is 9.18 Å². The van der Waals surface area contributed by atoms with Crippen molar-refractivity contribution >= 4 is 23.3 Å². The van der Waals surface area contributed by atoms with Crippen molar-refractivity contribution in [2.75, 3.05) is 31.5 Å². The summed E-state index contributed by atoms with van der Waals surface area (Å²) in [6.45, 7) is 3.69. The molecule has 4 nitrogen and oxygen atoms in total. The van der Waals surface area contributed by atoms with Gasteiger partial charge in [0.2, 0.25) is 0 Å². The van der Waals surface area contributed by atoms with Crippen LogP contribution >= 0.6 is 11.6 Å². The molecule has 0 spiro atoms. The van der Waals surface area contributed by atoms with Gasteiger partial charge in [-0.3, -0.25) is 4.90 Å². The molecule has 1 aliphatic heterocycles. The predicted molar refractivity (Wildman–Crippen MR) is 93.7 cm³/mol. The zero-order valence-corrected chi connectivity index (χ0v) is 14.0. The number of nitrogens with zero attached hydrogens (tertiary/aromatic N) is 2. The molecule has 1 aliphatic rings. The highest BCUT2D eigenvalue weighted by Crippen LogP contribution is 2.15. The third-order valence-corrected chi connectivity index (χ3v) is 4.27. The van der Waals surface area contributed by atoms with Crippen LogP contribution in [-0.4, -0.2) is 42.0 Å². The van der Waals surface area contributed by atoms with Gasteiger partial charge >= 0.3 is 6.03 Å². The van der Waals surface area contributed by atoms with Crippen LogP contribution in [0.4, 0.5) is 14.9 Å². The molecular formula is C18H19ClFN3O. The lowest BCUT2D eigenvalue weighted by atomic mass is 10.2. The molecule has 3 rings (SSSR count). The molecule has 2 aromatic rings. The second-order valence-electron chi connectivity index (χ2n) is 5.83. The molecule has 126 valence electrons. The van der Waals surface area contributed by atoms with Gasteiger partial charge in [-0.05, 0) is 35.9 Å². The van der Waals surface area contributed by atoms with Crippen LogP contribution in [0.1, 0.15) is 5.56 Å². The number of urea groups is 1. The number of nitrogens with one attached hydrogen (secondary N) is 1. The zero-order chi connectivity index (χ0) is 16.9. The number of amides is 2. The Labute approximate surface area is 145 Å². The highest BCUT2D eigenvalue weighted by molar-refractivity contribution is 6.30. The molecule has 2 amide bonds. The number of hydrogen-bond acceptors (Lipinski definition) is 2. The smallest absolute Gasteiger partial charge is 0.321 e. The molecule has 1 heterocycles. The molecule has 24 heavy (non-hydrogen) atoms. The van der Waals surface area contributed by atoms with Crippen molar-refractivity contribution in [1.29, 1.82) is 0 Å². The van der Waals surface area contributed by atoms with E-state index in [9.17, 15) is 9.18 Å². The van der Waals surface area contributed by atoms with Gasteiger partial charge in [0.05, 0.1) is 0 Å². The van der Waals surface area contributed by atoms with Crippen molar-refractivity contribution in [2.24, 2.45) is 0 Å². The maximum atomic E-state index is 13.2. The second-order valence-corrected chi connectivity index (χ2v) is 6.27. The fourth-order valence-corrected chi connectivity index (χ4v) is 2.98. The summed E-state index contributed by atoms with van der Waals surface area (Å²) < 4.78 is 13.2. The van der Waals surface area contributed by atoms with Crippen LogP contribution in [0, 0.1) is 5.82 Å². The molecule has 0 bridgehead atoms. The second kappa shape index (κ2) is 7.64. The Morgan fingerprint density at radius 2 is 1.83 bits per heavy atom. The minimum absolute atomic E-state index is 0.192. The van der Waals surface area contributed by atoms with E-state index in [1.807, 2.05) is 18.2 Å². The summed E-state index contributed by atoms with van der Waals surface area (Å²) in [5, 5.41) is 3.47. The largest absolute Gasteiger partial charge is 0.322 e. The highest BCUT2D eigenvalue weighted by Gasteiger charge is 2.21. The number of rotatable bonds is 3. The van der Waals surface area contributed by atoms with E-state index in [4.69, 9.17) is 11.6 Å².